The van der Waals surface area contributed by atoms with Crippen molar-refractivity contribution in [3.05, 3.63) is 65.2 Å². The Hall–Kier alpha value is -1.98. The van der Waals surface area contributed by atoms with E-state index in [4.69, 9.17) is 11.6 Å². The summed E-state index contributed by atoms with van der Waals surface area (Å²) < 4.78 is 0. The SMILES string of the molecule is CC[C@H](C(=O)N[C@@H](C)CC)N(Cc1ccccc1Cl)C(=O)CSc1ccccc1. The second-order valence-electron chi connectivity index (χ2n) is 6.96. The van der Waals surface area contributed by atoms with Gasteiger partial charge >= 0.3 is 0 Å². The number of thioether (sulfide) groups is 1. The molecule has 6 heteroatoms. The summed E-state index contributed by atoms with van der Waals surface area (Å²) >= 11 is 7.81. The maximum Gasteiger partial charge on any atom is 0.243 e. The average Bonchev–Trinajstić information content (AvgIpc) is 2.73. The minimum absolute atomic E-state index is 0.0625. The Bertz CT molecular complexity index is 800. The summed E-state index contributed by atoms with van der Waals surface area (Å²) in [5, 5.41) is 3.61. The van der Waals surface area contributed by atoms with Gasteiger partial charge in [0, 0.05) is 22.5 Å². The molecule has 0 aliphatic carbocycles. The number of carbonyl (C=O) groups excluding carboxylic acids is 2. The standard InChI is InChI=1S/C23H29ClN2O2S/c1-4-17(3)25-23(28)21(5-2)26(15-18-11-9-10-14-20(18)24)22(27)16-29-19-12-7-6-8-13-19/h6-14,17,21H,4-5,15-16H2,1-3H3,(H,25,28)/t17-,21+/m0/s1. The van der Waals surface area contributed by atoms with E-state index in [0.29, 0.717) is 18.0 Å². The molecule has 0 heterocycles. The lowest BCUT2D eigenvalue weighted by Crippen LogP contribution is -2.51. The summed E-state index contributed by atoms with van der Waals surface area (Å²) in [6.07, 6.45) is 1.37. The molecule has 0 spiro atoms. The molecule has 29 heavy (non-hydrogen) atoms. The number of amides is 2. The smallest absolute Gasteiger partial charge is 0.243 e. The number of rotatable bonds is 10. The van der Waals surface area contributed by atoms with E-state index < -0.39 is 6.04 Å². The minimum atomic E-state index is -0.538. The Labute approximate surface area is 183 Å². The summed E-state index contributed by atoms with van der Waals surface area (Å²) in [6, 6.07) is 16.8. The van der Waals surface area contributed by atoms with Crippen LogP contribution in [0.4, 0.5) is 0 Å². The van der Waals surface area contributed by atoms with Crippen molar-refractivity contribution in [3.63, 3.8) is 0 Å². The van der Waals surface area contributed by atoms with Crippen LogP contribution in [0.2, 0.25) is 5.02 Å². The van der Waals surface area contributed by atoms with E-state index in [1.807, 2.05) is 69.3 Å². The zero-order chi connectivity index (χ0) is 21.2. The van der Waals surface area contributed by atoms with Crippen molar-refractivity contribution < 1.29 is 9.59 Å². The van der Waals surface area contributed by atoms with E-state index >= 15 is 0 Å². The Morgan fingerprint density at radius 2 is 1.69 bits per heavy atom. The van der Waals surface area contributed by atoms with Crippen molar-refractivity contribution in [2.24, 2.45) is 0 Å². The molecule has 2 amide bonds. The van der Waals surface area contributed by atoms with Gasteiger partial charge < -0.3 is 10.2 Å². The maximum atomic E-state index is 13.2. The summed E-state index contributed by atoms with van der Waals surface area (Å²) in [6.45, 7) is 6.23. The average molecular weight is 433 g/mol. The second-order valence-corrected chi connectivity index (χ2v) is 8.41. The molecule has 2 aromatic rings. The maximum absolute atomic E-state index is 13.2. The van der Waals surface area contributed by atoms with Gasteiger partial charge in [-0.1, -0.05) is 61.8 Å². The molecule has 0 aromatic heterocycles. The first-order valence-electron chi connectivity index (χ1n) is 9.97. The van der Waals surface area contributed by atoms with Crippen molar-refractivity contribution >= 4 is 35.2 Å². The lowest BCUT2D eigenvalue weighted by molar-refractivity contribution is -0.139. The van der Waals surface area contributed by atoms with Crippen LogP contribution >= 0.6 is 23.4 Å². The third-order valence-electron chi connectivity index (χ3n) is 4.79. The Morgan fingerprint density at radius 3 is 2.31 bits per heavy atom. The highest BCUT2D eigenvalue weighted by atomic mass is 35.5. The molecule has 0 aliphatic heterocycles. The molecule has 0 unspecified atom stereocenters. The fourth-order valence-electron chi connectivity index (χ4n) is 2.92. The van der Waals surface area contributed by atoms with Crippen molar-refractivity contribution in [1.82, 2.24) is 10.2 Å². The topological polar surface area (TPSA) is 49.4 Å². The Kier molecular flexibility index (Phi) is 9.55. The van der Waals surface area contributed by atoms with Gasteiger partial charge in [-0.3, -0.25) is 9.59 Å². The van der Waals surface area contributed by atoms with Gasteiger partial charge in [-0.05, 0) is 43.5 Å². The molecule has 2 rings (SSSR count). The Morgan fingerprint density at radius 1 is 1.03 bits per heavy atom. The second kappa shape index (κ2) is 11.9. The van der Waals surface area contributed by atoms with Crippen LogP contribution in [0.5, 0.6) is 0 Å². The molecular formula is C23H29ClN2O2S. The van der Waals surface area contributed by atoms with Crippen molar-refractivity contribution in [2.45, 2.75) is 57.1 Å². The predicted octanol–water partition coefficient (Wildman–Crippen LogP) is 5.15. The van der Waals surface area contributed by atoms with E-state index in [0.717, 1.165) is 16.9 Å². The van der Waals surface area contributed by atoms with Gasteiger partial charge in [-0.25, -0.2) is 0 Å². The molecule has 1 N–H and O–H groups in total. The number of carbonyl (C=O) groups is 2. The molecule has 0 saturated carbocycles. The van der Waals surface area contributed by atoms with Gasteiger partial charge in [0.2, 0.25) is 11.8 Å². The van der Waals surface area contributed by atoms with Crippen LogP contribution in [0.1, 0.15) is 39.2 Å². The van der Waals surface area contributed by atoms with Gasteiger partial charge in [0.15, 0.2) is 0 Å². The third-order valence-corrected chi connectivity index (χ3v) is 6.16. The fourth-order valence-corrected chi connectivity index (χ4v) is 3.92. The van der Waals surface area contributed by atoms with E-state index in [-0.39, 0.29) is 23.6 Å². The van der Waals surface area contributed by atoms with Crippen LogP contribution in [0.15, 0.2) is 59.5 Å². The molecule has 0 fully saturated rings. The van der Waals surface area contributed by atoms with Gasteiger partial charge in [0.25, 0.3) is 0 Å². The predicted molar refractivity (Wildman–Crippen MR) is 121 cm³/mol. The van der Waals surface area contributed by atoms with Crippen LogP contribution in [0.25, 0.3) is 0 Å². The number of nitrogens with zero attached hydrogens (tertiary/aromatic N) is 1. The van der Waals surface area contributed by atoms with Crippen LogP contribution in [0.3, 0.4) is 0 Å². The molecule has 0 radical (unpaired) electrons. The molecule has 0 saturated heterocycles. The molecule has 2 atom stereocenters. The monoisotopic (exact) mass is 432 g/mol. The highest BCUT2D eigenvalue weighted by Gasteiger charge is 2.29. The van der Waals surface area contributed by atoms with Crippen molar-refractivity contribution in [3.8, 4) is 0 Å². The van der Waals surface area contributed by atoms with Gasteiger partial charge in [-0.15, -0.1) is 11.8 Å². The first-order chi connectivity index (χ1) is 14.0. The zero-order valence-electron chi connectivity index (χ0n) is 17.2. The largest absolute Gasteiger partial charge is 0.352 e. The molecule has 4 nitrogen and oxygen atoms in total. The number of hydrogen-bond donors (Lipinski definition) is 1. The molecular weight excluding hydrogens is 404 g/mol. The van der Waals surface area contributed by atoms with Crippen LogP contribution < -0.4 is 5.32 Å². The minimum Gasteiger partial charge on any atom is -0.352 e. The summed E-state index contributed by atoms with van der Waals surface area (Å²) in [7, 11) is 0. The summed E-state index contributed by atoms with van der Waals surface area (Å²) in [5.74, 6) is 0.0681. The summed E-state index contributed by atoms with van der Waals surface area (Å²) in [5.41, 5.74) is 0.835. The quantitative estimate of drug-likeness (QED) is 0.528. The molecule has 0 aliphatic rings. The van der Waals surface area contributed by atoms with Crippen molar-refractivity contribution in [2.75, 3.05) is 5.75 Å². The fraction of sp³-hybridized carbons (Fsp3) is 0.391. The first-order valence-corrected chi connectivity index (χ1v) is 11.3. The number of halogens is 1. The number of benzene rings is 2. The van der Waals surface area contributed by atoms with E-state index in [2.05, 4.69) is 5.32 Å². The number of nitrogens with one attached hydrogen (secondary N) is 1. The van der Waals surface area contributed by atoms with Crippen molar-refractivity contribution in [1.29, 1.82) is 0 Å². The lowest BCUT2D eigenvalue weighted by atomic mass is 10.1. The zero-order valence-corrected chi connectivity index (χ0v) is 18.8. The Balaban J connectivity index is 2.22. The third kappa shape index (κ3) is 7.09. The van der Waals surface area contributed by atoms with E-state index in [1.54, 1.807) is 11.0 Å². The van der Waals surface area contributed by atoms with Crippen LogP contribution in [-0.4, -0.2) is 34.6 Å². The first kappa shape index (κ1) is 23.3. The number of hydrogen-bond acceptors (Lipinski definition) is 3. The van der Waals surface area contributed by atoms with Crippen LogP contribution in [0, 0.1) is 0 Å². The molecule has 0 bridgehead atoms. The molecule has 156 valence electrons. The summed E-state index contributed by atoms with van der Waals surface area (Å²) in [4.78, 5) is 28.8. The van der Waals surface area contributed by atoms with Gasteiger partial charge in [-0.2, -0.15) is 0 Å². The van der Waals surface area contributed by atoms with Gasteiger partial charge in [0.1, 0.15) is 6.04 Å². The van der Waals surface area contributed by atoms with Crippen LogP contribution in [-0.2, 0) is 16.1 Å². The highest BCUT2D eigenvalue weighted by molar-refractivity contribution is 8.00. The van der Waals surface area contributed by atoms with E-state index in [9.17, 15) is 9.59 Å². The molecule has 2 aromatic carbocycles. The van der Waals surface area contributed by atoms with Gasteiger partial charge in [0.05, 0.1) is 5.75 Å². The normalized spacial score (nSPS) is 12.8. The van der Waals surface area contributed by atoms with E-state index in [1.165, 1.54) is 11.8 Å². The lowest BCUT2D eigenvalue weighted by Gasteiger charge is -2.31. The highest BCUT2D eigenvalue weighted by Crippen LogP contribution is 2.22.